The molecule has 1 aromatic carbocycles. The molecular formula is C15H20N2OS. The van der Waals surface area contributed by atoms with Crippen LogP contribution in [0, 0.1) is 0 Å². The molecular weight excluding hydrogens is 256 g/mol. The number of ether oxygens (including phenoxy) is 1. The molecule has 0 saturated heterocycles. The molecule has 0 aliphatic heterocycles. The monoisotopic (exact) mass is 276 g/mol. The van der Waals surface area contributed by atoms with E-state index in [0.29, 0.717) is 0 Å². The highest BCUT2D eigenvalue weighted by Gasteiger charge is 2.11. The first-order valence-corrected chi connectivity index (χ1v) is 7.37. The molecule has 1 atom stereocenters. The quantitative estimate of drug-likeness (QED) is 0.629. The lowest BCUT2D eigenvalue weighted by Gasteiger charge is -2.17. The number of hydrogen-bond donors (Lipinski definition) is 2. The Bertz CT molecular complexity index is 479. The predicted octanol–water partition coefficient (Wildman–Crippen LogP) is 3.28. The minimum absolute atomic E-state index is 0.127. The third kappa shape index (κ3) is 4.06. The zero-order valence-electron chi connectivity index (χ0n) is 11.3. The Hall–Kier alpha value is -1.36. The van der Waals surface area contributed by atoms with Crippen LogP contribution in [0.15, 0.2) is 41.1 Å². The van der Waals surface area contributed by atoms with Gasteiger partial charge >= 0.3 is 0 Å². The van der Waals surface area contributed by atoms with Crippen molar-refractivity contribution in [1.82, 2.24) is 5.43 Å². The Labute approximate surface area is 118 Å². The number of thiophene rings is 1. The molecule has 0 saturated carbocycles. The van der Waals surface area contributed by atoms with Crippen LogP contribution in [-0.2, 0) is 6.42 Å². The van der Waals surface area contributed by atoms with Crippen molar-refractivity contribution in [2.45, 2.75) is 32.4 Å². The minimum Gasteiger partial charge on any atom is -0.491 e. The molecule has 0 aliphatic carbocycles. The van der Waals surface area contributed by atoms with Gasteiger partial charge < -0.3 is 4.74 Å². The summed E-state index contributed by atoms with van der Waals surface area (Å²) in [5.74, 6) is 6.56. The van der Waals surface area contributed by atoms with Crippen LogP contribution in [0.3, 0.4) is 0 Å². The van der Waals surface area contributed by atoms with Crippen molar-refractivity contribution in [1.29, 1.82) is 0 Å². The third-order valence-corrected chi connectivity index (χ3v) is 3.61. The number of hydrazine groups is 1. The van der Waals surface area contributed by atoms with Crippen LogP contribution in [0.25, 0.3) is 0 Å². The largest absolute Gasteiger partial charge is 0.491 e. The van der Waals surface area contributed by atoms with Gasteiger partial charge in [-0.05, 0) is 60.4 Å². The summed E-state index contributed by atoms with van der Waals surface area (Å²) in [4.78, 5) is 0. The zero-order valence-corrected chi connectivity index (χ0v) is 12.1. The summed E-state index contributed by atoms with van der Waals surface area (Å²) < 4.78 is 5.64. The van der Waals surface area contributed by atoms with E-state index in [1.54, 1.807) is 11.3 Å². The van der Waals surface area contributed by atoms with Crippen LogP contribution in [-0.4, -0.2) is 6.10 Å². The van der Waals surface area contributed by atoms with Gasteiger partial charge in [0, 0.05) is 0 Å². The molecule has 1 aromatic heterocycles. The summed E-state index contributed by atoms with van der Waals surface area (Å²) in [5, 5.41) is 4.24. The fourth-order valence-electron chi connectivity index (χ4n) is 1.97. The van der Waals surface area contributed by atoms with Gasteiger partial charge in [-0.3, -0.25) is 11.3 Å². The molecule has 0 amide bonds. The zero-order chi connectivity index (χ0) is 13.7. The van der Waals surface area contributed by atoms with Crippen LogP contribution >= 0.6 is 11.3 Å². The van der Waals surface area contributed by atoms with E-state index in [1.807, 2.05) is 26.0 Å². The lowest BCUT2D eigenvalue weighted by Crippen LogP contribution is -2.29. The maximum atomic E-state index is 5.66. The van der Waals surface area contributed by atoms with E-state index < -0.39 is 0 Å². The van der Waals surface area contributed by atoms with E-state index >= 15 is 0 Å². The van der Waals surface area contributed by atoms with Gasteiger partial charge in [-0.25, -0.2) is 0 Å². The Morgan fingerprint density at radius 2 is 1.95 bits per heavy atom. The Balaban J connectivity index is 2.06. The molecule has 1 unspecified atom stereocenters. The van der Waals surface area contributed by atoms with Gasteiger partial charge in [-0.15, -0.1) is 0 Å². The van der Waals surface area contributed by atoms with E-state index in [0.717, 1.165) is 12.2 Å². The van der Waals surface area contributed by atoms with Crippen molar-refractivity contribution in [3.63, 3.8) is 0 Å². The van der Waals surface area contributed by atoms with Gasteiger partial charge in [0.15, 0.2) is 0 Å². The molecule has 0 fully saturated rings. The molecule has 0 radical (unpaired) electrons. The van der Waals surface area contributed by atoms with Crippen LogP contribution in [0.2, 0.25) is 0 Å². The van der Waals surface area contributed by atoms with E-state index in [4.69, 9.17) is 10.6 Å². The van der Waals surface area contributed by atoms with Gasteiger partial charge in [0.05, 0.1) is 12.1 Å². The van der Waals surface area contributed by atoms with Gasteiger partial charge in [0.25, 0.3) is 0 Å². The summed E-state index contributed by atoms with van der Waals surface area (Å²) in [5.41, 5.74) is 5.35. The molecule has 4 heteroatoms. The van der Waals surface area contributed by atoms with Crippen molar-refractivity contribution < 1.29 is 4.74 Å². The molecule has 3 nitrogen and oxygen atoms in total. The van der Waals surface area contributed by atoms with Gasteiger partial charge in [0.1, 0.15) is 5.75 Å². The highest BCUT2D eigenvalue weighted by Crippen LogP contribution is 2.22. The lowest BCUT2D eigenvalue weighted by molar-refractivity contribution is 0.242. The van der Waals surface area contributed by atoms with E-state index in [-0.39, 0.29) is 12.1 Å². The summed E-state index contributed by atoms with van der Waals surface area (Å²) in [6.07, 6.45) is 1.09. The van der Waals surface area contributed by atoms with E-state index in [1.165, 1.54) is 11.1 Å². The number of nitrogens with one attached hydrogen (secondary N) is 1. The van der Waals surface area contributed by atoms with E-state index in [2.05, 4.69) is 34.4 Å². The van der Waals surface area contributed by atoms with E-state index in [9.17, 15) is 0 Å². The second-order valence-electron chi connectivity index (χ2n) is 4.79. The minimum atomic E-state index is 0.127. The SMILES string of the molecule is CC(C)Oc1ccc(C(Cc2ccsc2)NN)cc1. The first kappa shape index (κ1) is 14.1. The van der Waals surface area contributed by atoms with Crippen LogP contribution < -0.4 is 16.0 Å². The highest BCUT2D eigenvalue weighted by atomic mass is 32.1. The predicted molar refractivity (Wildman–Crippen MR) is 80.3 cm³/mol. The fraction of sp³-hybridized carbons (Fsp3) is 0.333. The maximum Gasteiger partial charge on any atom is 0.119 e. The van der Waals surface area contributed by atoms with Crippen molar-refractivity contribution in [2.24, 2.45) is 5.84 Å². The van der Waals surface area contributed by atoms with Crippen LogP contribution in [0.4, 0.5) is 0 Å². The first-order valence-electron chi connectivity index (χ1n) is 6.43. The van der Waals surface area contributed by atoms with Crippen molar-refractivity contribution in [2.75, 3.05) is 0 Å². The molecule has 2 rings (SSSR count). The molecule has 19 heavy (non-hydrogen) atoms. The average Bonchev–Trinajstić information content (AvgIpc) is 2.89. The summed E-state index contributed by atoms with van der Waals surface area (Å²) >= 11 is 1.71. The average molecular weight is 276 g/mol. The number of benzene rings is 1. The van der Waals surface area contributed by atoms with Gasteiger partial charge in [-0.1, -0.05) is 12.1 Å². The smallest absolute Gasteiger partial charge is 0.119 e. The Morgan fingerprint density at radius 1 is 1.21 bits per heavy atom. The van der Waals surface area contributed by atoms with Crippen molar-refractivity contribution in [3.8, 4) is 5.75 Å². The second kappa shape index (κ2) is 6.70. The van der Waals surface area contributed by atoms with Crippen LogP contribution in [0.5, 0.6) is 5.75 Å². The topological polar surface area (TPSA) is 47.3 Å². The Morgan fingerprint density at radius 3 is 2.47 bits per heavy atom. The molecule has 102 valence electrons. The first-order chi connectivity index (χ1) is 9.19. The number of hydrogen-bond acceptors (Lipinski definition) is 4. The summed E-state index contributed by atoms with van der Waals surface area (Å²) in [6.45, 7) is 4.05. The second-order valence-corrected chi connectivity index (χ2v) is 5.57. The summed E-state index contributed by atoms with van der Waals surface area (Å²) in [7, 11) is 0. The maximum absolute atomic E-state index is 5.66. The number of rotatable bonds is 6. The molecule has 3 N–H and O–H groups in total. The molecule has 0 spiro atoms. The van der Waals surface area contributed by atoms with Crippen LogP contribution in [0.1, 0.15) is 31.0 Å². The van der Waals surface area contributed by atoms with Crippen molar-refractivity contribution >= 4 is 11.3 Å². The third-order valence-electron chi connectivity index (χ3n) is 2.88. The van der Waals surface area contributed by atoms with Crippen molar-refractivity contribution in [3.05, 3.63) is 52.2 Å². The normalized spacial score (nSPS) is 12.6. The summed E-state index contributed by atoms with van der Waals surface area (Å²) in [6, 6.07) is 10.4. The molecule has 2 aromatic rings. The standard InChI is InChI=1S/C15H20N2OS/c1-11(2)18-14-5-3-13(4-6-14)15(17-16)9-12-7-8-19-10-12/h3-8,10-11,15,17H,9,16H2,1-2H3. The molecule has 0 bridgehead atoms. The Kier molecular flexibility index (Phi) is 4.96. The molecule has 1 heterocycles. The lowest BCUT2D eigenvalue weighted by atomic mass is 10.0. The molecule has 0 aliphatic rings. The number of nitrogens with two attached hydrogens (primary N) is 1. The highest BCUT2D eigenvalue weighted by molar-refractivity contribution is 7.07. The fourth-order valence-corrected chi connectivity index (χ4v) is 2.65. The van der Waals surface area contributed by atoms with Gasteiger partial charge in [-0.2, -0.15) is 11.3 Å². The van der Waals surface area contributed by atoms with Gasteiger partial charge in [0.2, 0.25) is 0 Å².